The molecular formula is C7H11NO2. The fraction of sp³-hybridized carbons (Fsp3) is 0.571. The molecule has 0 spiro atoms. The van der Waals surface area contributed by atoms with Crippen molar-refractivity contribution < 1.29 is 9.90 Å². The largest absolute Gasteiger partial charge is 0.393 e. The van der Waals surface area contributed by atoms with E-state index < -0.39 is 12.0 Å². The summed E-state index contributed by atoms with van der Waals surface area (Å²) in [6.07, 6.45) is 4.91. The predicted octanol–water partition coefficient (Wildman–Crippen LogP) is -0.493. The van der Waals surface area contributed by atoms with Crippen LogP contribution in [-0.4, -0.2) is 23.7 Å². The molecule has 0 aliphatic heterocycles. The van der Waals surface area contributed by atoms with Crippen molar-refractivity contribution in [1.29, 1.82) is 0 Å². The zero-order valence-electron chi connectivity index (χ0n) is 5.92. The van der Waals surface area contributed by atoms with Crippen LogP contribution in [0.2, 0.25) is 0 Å². The molecule has 1 unspecified atom stereocenters. The molecule has 0 rings (SSSR count). The molecule has 0 aromatic heterocycles. The minimum atomic E-state index is -0.430. The molecule has 0 saturated heterocycles. The number of carbonyl (C=O) groups is 1. The first-order valence-corrected chi connectivity index (χ1v) is 3.09. The Morgan fingerprint density at radius 2 is 2.50 bits per heavy atom. The molecule has 0 fully saturated rings. The van der Waals surface area contributed by atoms with E-state index in [9.17, 15) is 4.79 Å². The van der Waals surface area contributed by atoms with Gasteiger partial charge in [0.1, 0.15) is 0 Å². The third-order valence-electron chi connectivity index (χ3n) is 0.979. The normalized spacial score (nSPS) is 11.7. The Kier molecular flexibility index (Phi) is 4.34. The highest BCUT2D eigenvalue weighted by Gasteiger charge is 1.96. The van der Waals surface area contributed by atoms with Gasteiger partial charge in [-0.3, -0.25) is 4.79 Å². The van der Waals surface area contributed by atoms with E-state index >= 15 is 0 Å². The van der Waals surface area contributed by atoms with Crippen LogP contribution in [0, 0.1) is 12.3 Å². The van der Waals surface area contributed by atoms with Crippen LogP contribution in [-0.2, 0) is 4.79 Å². The Bertz CT molecular complexity index is 146. The smallest absolute Gasteiger partial charge is 0.295 e. The Labute approximate surface area is 60.4 Å². The lowest BCUT2D eigenvalue weighted by molar-refractivity contribution is -0.115. The highest BCUT2D eigenvalue weighted by molar-refractivity contribution is 5.92. The maximum atomic E-state index is 10.4. The zero-order chi connectivity index (χ0) is 7.98. The van der Waals surface area contributed by atoms with E-state index in [-0.39, 0.29) is 0 Å². The maximum absolute atomic E-state index is 10.4. The van der Waals surface area contributed by atoms with Crippen LogP contribution in [0.5, 0.6) is 0 Å². The van der Waals surface area contributed by atoms with Crippen molar-refractivity contribution in [2.45, 2.75) is 19.4 Å². The molecule has 0 radical (unpaired) electrons. The van der Waals surface area contributed by atoms with Crippen LogP contribution >= 0.6 is 0 Å². The lowest BCUT2D eigenvalue weighted by atomic mass is 10.3. The van der Waals surface area contributed by atoms with Crippen molar-refractivity contribution in [3.8, 4) is 12.3 Å². The van der Waals surface area contributed by atoms with E-state index in [1.54, 1.807) is 6.92 Å². The Morgan fingerprint density at radius 3 is 2.90 bits per heavy atom. The van der Waals surface area contributed by atoms with E-state index in [0.29, 0.717) is 13.0 Å². The van der Waals surface area contributed by atoms with Crippen LogP contribution in [0.3, 0.4) is 0 Å². The molecule has 0 saturated carbocycles. The first-order chi connectivity index (χ1) is 4.66. The number of amides is 1. The van der Waals surface area contributed by atoms with Gasteiger partial charge in [0, 0.05) is 6.54 Å². The number of terminal acetylenes is 1. The fourth-order valence-corrected chi connectivity index (χ4v) is 0.446. The van der Waals surface area contributed by atoms with Crippen LogP contribution in [0.15, 0.2) is 0 Å². The van der Waals surface area contributed by atoms with Gasteiger partial charge in [0.2, 0.25) is 0 Å². The van der Waals surface area contributed by atoms with Gasteiger partial charge < -0.3 is 10.4 Å². The molecule has 0 heterocycles. The summed E-state index contributed by atoms with van der Waals surface area (Å²) in [5.41, 5.74) is 0. The molecule has 1 atom stereocenters. The van der Waals surface area contributed by atoms with Gasteiger partial charge in [-0.15, -0.1) is 6.42 Å². The number of nitrogens with one attached hydrogen (secondary N) is 1. The van der Waals surface area contributed by atoms with Crippen molar-refractivity contribution in [2.24, 2.45) is 0 Å². The number of rotatable bonds is 3. The van der Waals surface area contributed by atoms with E-state index in [1.807, 2.05) is 5.92 Å². The fourth-order valence-electron chi connectivity index (χ4n) is 0.446. The second-order valence-electron chi connectivity index (χ2n) is 2.04. The maximum Gasteiger partial charge on any atom is 0.295 e. The molecule has 3 heteroatoms. The molecule has 0 aromatic carbocycles. The summed E-state index contributed by atoms with van der Waals surface area (Å²) in [7, 11) is 0. The summed E-state index contributed by atoms with van der Waals surface area (Å²) < 4.78 is 0. The first-order valence-electron chi connectivity index (χ1n) is 3.09. The number of hydrogen-bond donors (Lipinski definition) is 2. The van der Waals surface area contributed by atoms with Gasteiger partial charge in [-0.25, -0.2) is 0 Å². The molecule has 0 aliphatic carbocycles. The number of hydrogen-bond acceptors (Lipinski definition) is 2. The molecule has 56 valence electrons. The van der Waals surface area contributed by atoms with Gasteiger partial charge in [-0.1, -0.05) is 0 Å². The molecule has 1 amide bonds. The number of aliphatic hydroxyl groups excluding tert-OH is 1. The van der Waals surface area contributed by atoms with Gasteiger partial charge in [0.15, 0.2) is 0 Å². The lowest BCUT2D eigenvalue weighted by Crippen LogP contribution is -2.24. The lowest BCUT2D eigenvalue weighted by Gasteiger charge is -2.02. The topological polar surface area (TPSA) is 49.3 Å². The molecule has 2 N–H and O–H groups in total. The molecule has 3 nitrogen and oxygen atoms in total. The molecule has 0 bridgehead atoms. The van der Waals surface area contributed by atoms with Gasteiger partial charge in [0.05, 0.1) is 6.10 Å². The summed E-state index contributed by atoms with van der Waals surface area (Å²) in [4.78, 5) is 10.4. The third-order valence-corrected chi connectivity index (χ3v) is 0.979. The van der Waals surface area contributed by atoms with Crippen LogP contribution in [0.1, 0.15) is 13.3 Å². The van der Waals surface area contributed by atoms with E-state index in [0.717, 1.165) is 0 Å². The van der Waals surface area contributed by atoms with Gasteiger partial charge in [-0.05, 0) is 19.3 Å². The third kappa shape index (κ3) is 5.13. The van der Waals surface area contributed by atoms with Crippen molar-refractivity contribution in [1.82, 2.24) is 5.32 Å². The molecule has 0 aliphatic rings. The Morgan fingerprint density at radius 1 is 1.90 bits per heavy atom. The quantitative estimate of drug-likeness (QED) is 0.521. The molecule has 10 heavy (non-hydrogen) atoms. The average Bonchev–Trinajstić information content (AvgIpc) is 1.87. The standard InChI is InChI=1S/C7H11NO2/c1-3-7(10)8-5-4-6(2)9/h1,6,9H,4-5H2,2H3,(H,8,10). The summed E-state index contributed by atoms with van der Waals surface area (Å²) in [6.45, 7) is 2.09. The summed E-state index contributed by atoms with van der Waals surface area (Å²) in [5.74, 6) is 1.48. The second-order valence-corrected chi connectivity index (χ2v) is 2.04. The van der Waals surface area contributed by atoms with Gasteiger partial charge in [0.25, 0.3) is 5.91 Å². The van der Waals surface area contributed by atoms with Crippen LogP contribution in [0.25, 0.3) is 0 Å². The number of carbonyl (C=O) groups excluding carboxylic acids is 1. The highest BCUT2D eigenvalue weighted by atomic mass is 16.3. The first kappa shape index (κ1) is 8.99. The monoisotopic (exact) mass is 141 g/mol. The second kappa shape index (κ2) is 4.83. The van der Waals surface area contributed by atoms with Crippen molar-refractivity contribution in [3.63, 3.8) is 0 Å². The van der Waals surface area contributed by atoms with Crippen molar-refractivity contribution in [2.75, 3.05) is 6.54 Å². The Hall–Kier alpha value is -1.01. The average molecular weight is 141 g/mol. The van der Waals surface area contributed by atoms with Crippen LogP contribution in [0.4, 0.5) is 0 Å². The van der Waals surface area contributed by atoms with E-state index in [2.05, 4.69) is 5.32 Å². The number of aliphatic hydroxyl groups is 1. The van der Waals surface area contributed by atoms with Crippen LogP contribution < -0.4 is 5.32 Å². The minimum absolute atomic E-state index is 0.391. The minimum Gasteiger partial charge on any atom is -0.393 e. The predicted molar refractivity (Wildman–Crippen MR) is 38.1 cm³/mol. The van der Waals surface area contributed by atoms with E-state index in [4.69, 9.17) is 11.5 Å². The SMILES string of the molecule is C#CC(=O)NCCC(C)O. The van der Waals surface area contributed by atoms with Crippen molar-refractivity contribution in [3.05, 3.63) is 0 Å². The summed E-state index contributed by atoms with van der Waals surface area (Å²) >= 11 is 0. The molecular weight excluding hydrogens is 130 g/mol. The highest BCUT2D eigenvalue weighted by Crippen LogP contribution is 1.84. The van der Waals surface area contributed by atoms with Gasteiger partial charge in [-0.2, -0.15) is 0 Å². The summed E-state index contributed by atoms with van der Waals surface area (Å²) in [6, 6.07) is 0. The summed E-state index contributed by atoms with van der Waals surface area (Å²) in [5, 5.41) is 11.2. The Balaban J connectivity index is 3.22. The van der Waals surface area contributed by atoms with Crippen molar-refractivity contribution >= 4 is 5.91 Å². The van der Waals surface area contributed by atoms with E-state index in [1.165, 1.54) is 0 Å². The van der Waals surface area contributed by atoms with Gasteiger partial charge >= 0.3 is 0 Å². The zero-order valence-corrected chi connectivity index (χ0v) is 5.92. The molecule has 0 aromatic rings.